The minimum Gasteiger partial charge on any atom is -0.506 e. The summed E-state index contributed by atoms with van der Waals surface area (Å²) in [6.45, 7) is 0.449. The summed E-state index contributed by atoms with van der Waals surface area (Å²) in [6, 6.07) is 6.49. The van der Waals surface area contributed by atoms with Crippen molar-refractivity contribution in [3.8, 4) is 5.75 Å². The molecular weight excluding hydrogens is 182 g/mol. The lowest BCUT2D eigenvalue weighted by molar-refractivity contribution is -0.138. The van der Waals surface area contributed by atoms with Crippen LogP contribution in [0.15, 0.2) is 24.3 Å². The second kappa shape index (κ2) is 3.57. The Hall–Kier alpha value is -1.71. The predicted octanol–water partition coefficient (Wildman–Crippen LogP) is 1.12. The average Bonchev–Trinajstić information content (AvgIpc) is 2.56. The molecule has 0 radical (unpaired) electrons. The maximum atomic E-state index is 11.1. The summed E-state index contributed by atoms with van der Waals surface area (Å²) in [6.07, 6.45) is 0.646. The van der Waals surface area contributed by atoms with E-state index in [1.807, 2.05) is 0 Å². The summed E-state index contributed by atoms with van der Waals surface area (Å²) >= 11 is 0. The summed E-state index contributed by atoms with van der Waals surface area (Å²) in [5.41, 5.74) is 0.566. The molecule has 2 N–H and O–H groups in total. The van der Waals surface area contributed by atoms with Crippen molar-refractivity contribution in [1.82, 2.24) is 0 Å². The Kier molecular flexibility index (Phi) is 2.26. The highest BCUT2D eigenvalue weighted by Gasteiger charge is 2.26. The molecule has 0 aliphatic carbocycles. The zero-order chi connectivity index (χ0) is 9.97. The Balaban J connectivity index is 2.10. The van der Waals surface area contributed by atoms with Gasteiger partial charge in [0.25, 0.3) is 0 Å². The number of ether oxygens (including phenoxy) is 1. The quantitative estimate of drug-likeness (QED) is 0.546. The van der Waals surface area contributed by atoms with Gasteiger partial charge in [-0.3, -0.25) is 0 Å². The number of hydrogen-bond donors (Lipinski definition) is 2. The Morgan fingerprint density at radius 1 is 1.43 bits per heavy atom. The molecule has 4 nitrogen and oxygen atoms in total. The van der Waals surface area contributed by atoms with Gasteiger partial charge < -0.3 is 15.2 Å². The lowest BCUT2D eigenvalue weighted by atomic mass is 10.2. The molecule has 1 fully saturated rings. The standard InChI is InChI=1S/C10H11NO3/c12-9-4-2-1-3-7(9)11-8-5-6-14-10(8)13/h1-4,8,11-12H,5-6H2. The Morgan fingerprint density at radius 3 is 2.86 bits per heavy atom. The van der Waals surface area contributed by atoms with E-state index in [4.69, 9.17) is 4.74 Å². The topological polar surface area (TPSA) is 58.6 Å². The maximum absolute atomic E-state index is 11.1. The van der Waals surface area contributed by atoms with Crippen molar-refractivity contribution < 1.29 is 14.6 Å². The molecule has 1 aromatic rings. The number of nitrogens with one attached hydrogen (secondary N) is 1. The molecular formula is C10H11NO3. The number of anilines is 1. The van der Waals surface area contributed by atoms with Crippen LogP contribution in [0.25, 0.3) is 0 Å². The third kappa shape index (κ3) is 1.64. The van der Waals surface area contributed by atoms with Crippen molar-refractivity contribution in [2.75, 3.05) is 11.9 Å². The van der Waals surface area contributed by atoms with E-state index in [-0.39, 0.29) is 17.8 Å². The summed E-state index contributed by atoms with van der Waals surface area (Å²) in [5, 5.41) is 12.4. The lowest BCUT2D eigenvalue weighted by Gasteiger charge is -2.11. The maximum Gasteiger partial charge on any atom is 0.328 e. The van der Waals surface area contributed by atoms with Gasteiger partial charge in [0, 0.05) is 6.42 Å². The predicted molar refractivity (Wildman–Crippen MR) is 51.1 cm³/mol. The van der Waals surface area contributed by atoms with Gasteiger partial charge >= 0.3 is 5.97 Å². The molecule has 1 aromatic carbocycles. The van der Waals surface area contributed by atoms with E-state index in [0.29, 0.717) is 18.7 Å². The summed E-state index contributed by atoms with van der Waals surface area (Å²) < 4.78 is 4.79. The highest BCUT2D eigenvalue weighted by atomic mass is 16.5. The van der Waals surface area contributed by atoms with Crippen molar-refractivity contribution in [3.63, 3.8) is 0 Å². The van der Waals surface area contributed by atoms with Gasteiger partial charge in [-0.15, -0.1) is 0 Å². The molecule has 0 saturated carbocycles. The number of aromatic hydroxyl groups is 1. The molecule has 0 amide bonds. The highest BCUT2D eigenvalue weighted by molar-refractivity contribution is 5.81. The van der Waals surface area contributed by atoms with Crippen LogP contribution in [0, 0.1) is 0 Å². The zero-order valence-corrected chi connectivity index (χ0v) is 7.56. The molecule has 2 rings (SSSR count). The second-order valence-corrected chi connectivity index (χ2v) is 3.17. The van der Waals surface area contributed by atoms with Crippen LogP contribution >= 0.6 is 0 Å². The molecule has 1 heterocycles. The number of hydrogen-bond acceptors (Lipinski definition) is 4. The van der Waals surface area contributed by atoms with E-state index in [1.165, 1.54) is 0 Å². The number of carbonyl (C=O) groups excluding carboxylic acids is 1. The van der Waals surface area contributed by atoms with E-state index < -0.39 is 0 Å². The first kappa shape index (κ1) is 8.87. The van der Waals surface area contributed by atoms with Crippen molar-refractivity contribution >= 4 is 11.7 Å². The normalized spacial score (nSPS) is 20.6. The molecule has 1 aliphatic heterocycles. The minimum absolute atomic E-state index is 0.146. The number of esters is 1. The molecule has 1 aliphatic rings. The van der Waals surface area contributed by atoms with Crippen LogP contribution in [0.5, 0.6) is 5.75 Å². The van der Waals surface area contributed by atoms with Gasteiger partial charge in [-0.1, -0.05) is 12.1 Å². The van der Waals surface area contributed by atoms with E-state index in [2.05, 4.69) is 5.32 Å². The van der Waals surface area contributed by atoms with Crippen molar-refractivity contribution in [2.45, 2.75) is 12.5 Å². The third-order valence-corrected chi connectivity index (χ3v) is 2.17. The first-order valence-corrected chi connectivity index (χ1v) is 4.48. The summed E-state index contributed by atoms with van der Waals surface area (Å²) in [4.78, 5) is 11.1. The number of rotatable bonds is 2. The SMILES string of the molecule is O=C1OCCC1Nc1ccccc1O. The molecule has 1 atom stereocenters. The van der Waals surface area contributed by atoms with Crippen LogP contribution in [0.4, 0.5) is 5.69 Å². The first-order chi connectivity index (χ1) is 6.77. The Bertz CT molecular complexity index is 351. The minimum atomic E-state index is -0.330. The lowest BCUT2D eigenvalue weighted by Crippen LogP contribution is -2.24. The van der Waals surface area contributed by atoms with Gasteiger partial charge in [0.15, 0.2) is 0 Å². The average molecular weight is 193 g/mol. The van der Waals surface area contributed by atoms with Gasteiger partial charge in [0.2, 0.25) is 0 Å². The van der Waals surface area contributed by atoms with Crippen molar-refractivity contribution in [1.29, 1.82) is 0 Å². The number of carbonyl (C=O) groups is 1. The molecule has 74 valence electrons. The van der Waals surface area contributed by atoms with Crippen LogP contribution in [0.2, 0.25) is 0 Å². The fourth-order valence-electron chi connectivity index (χ4n) is 1.41. The number of cyclic esters (lactones) is 1. The van der Waals surface area contributed by atoms with E-state index in [9.17, 15) is 9.90 Å². The van der Waals surface area contributed by atoms with E-state index >= 15 is 0 Å². The zero-order valence-electron chi connectivity index (χ0n) is 7.56. The van der Waals surface area contributed by atoms with Crippen LogP contribution in [-0.2, 0) is 9.53 Å². The molecule has 14 heavy (non-hydrogen) atoms. The van der Waals surface area contributed by atoms with Gasteiger partial charge in [-0.25, -0.2) is 4.79 Å². The van der Waals surface area contributed by atoms with Crippen LogP contribution in [0.1, 0.15) is 6.42 Å². The Morgan fingerprint density at radius 2 is 2.21 bits per heavy atom. The largest absolute Gasteiger partial charge is 0.506 e. The molecule has 1 unspecified atom stereocenters. The fraction of sp³-hybridized carbons (Fsp3) is 0.300. The number of phenols is 1. The smallest absolute Gasteiger partial charge is 0.328 e. The Labute approximate surface area is 81.5 Å². The van der Waals surface area contributed by atoms with Crippen LogP contribution in [0.3, 0.4) is 0 Å². The van der Waals surface area contributed by atoms with Gasteiger partial charge in [-0.2, -0.15) is 0 Å². The van der Waals surface area contributed by atoms with Crippen molar-refractivity contribution in [3.05, 3.63) is 24.3 Å². The summed E-state index contributed by atoms with van der Waals surface area (Å²) in [7, 11) is 0. The van der Waals surface area contributed by atoms with Gasteiger partial charge in [0.1, 0.15) is 11.8 Å². The van der Waals surface area contributed by atoms with Crippen LogP contribution in [-0.4, -0.2) is 23.7 Å². The number of benzene rings is 1. The number of para-hydroxylation sites is 2. The van der Waals surface area contributed by atoms with Crippen molar-refractivity contribution in [2.24, 2.45) is 0 Å². The third-order valence-electron chi connectivity index (χ3n) is 2.17. The van der Waals surface area contributed by atoms with Gasteiger partial charge in [-0.05, 0) is 12.1 Å². The van der Waals surface area contributed by atoms with E-state index in [0.717, 1.165) is 0 Å². The highest BCUT2D eigenvalue weighted by Crippen LogP contribution is 2.24. The molecule has 0 spiro atoms. The molecule has 0 aromatic heterocycles. The molecule has 4 heteroatoms. The van der Waals surface area contributed by atoms with Gasteiger partial charge in [0.05, 0.1) is 12.3 Å². The summed E-state index contributed by atoms with van der Waals surface area (Å²) in [5.74, 6) is -0.111. The monoisotopic (exact) mass is 193 g/mol. The molecule has 1 saturated heterocycles. The van der Waals surface area contributed by atoms with Crippen LogP contribution < -0.4 is 5.32 Å². The number of phenolic OH excluding ortho intramolecular Hbond substituents is 1. The molecule has 0 bridgehead atoms. The second-order valence-electron chi connectivity index (χ2n) is 3.17. The first-order valence-electron chi connectivity index (χ1n) is 4.48. The fourth-order valence-corrected chi connectivity index (χ4v) is 1.41. The van der Waals surface area contributed by atoms with E-state index in [1.54, 1.807) is 24.3 Å².